The summed E-state index contributed by atoms with van der Waals surface area (Å²) in [7, 11) is 0. The molecule has 0 saturated carbocycles. The van der Waals surface area contributed by atoms with E-state index in [0.717, 1.165) is 6.42 Å². The quantitative estimate of drug-likeness (QED) is 0.172. The minimum Gasteiger partial charge on any atom is -0.0622 e. The molecule has 0 saturated heterocycles. The average molecular weight is 621 g/mol. The van der Waals surface area contributed by atoms with Crippen LogP contribution in [0.25, 0.3) is 88.0 Å². The molecular weight excluding hydrogens is 589 g/mol. The first kappa shape index (κ1) is 27.8. The lowest BCUT2D eigenvalue weighted by Crippen LogP contribution is -1.92. The summed E-state index contributed by atoms with van der Waals surface area (Å²) in [5.74, 6) is 0. The van der Waals surface area contributed by atoms with Crippen LogP contribution in [0.5, 0.6) is 0 Å². The van der Waals surface area contributed by atoms with E-state index in [0.29, 0.717) is 0 Å². The Morgan fingerprint density at radius 2 is 0.592 bits per heavy atom. The van der Waals surface area contributed by atoms with Gasteiger partial charge in [0, 0.05) is 0 Å². The molecule has 0 fully saturated rings. The predicted octanol–water partition coefficient (Wildman–Crippen LogP) is 13.4. The Morgan fingerprint density at radius 1 is 0.224 bits per heavy atom. The number of fused-ring (bicyclic) bond motifs is 9. The smallest absolute Gasteiger partial charge is 0.000110 e. The molecule has 0 heteroatoms. The number of rotatable bonds is 4. The van der Waals surface area contributed by atoms with Crippen LogP contribution in [-0.4, -0.2) is 0 Å². The monoisotopic (exact) mass is 620 g/mol. The van der Waals surface area contributed by atoms with Gasteiger partial charge in [0.25, 0.3) is 0 Å². The van der Waals surface area contributed by atoms with Crippen molar-refractivity contribution in [1.82, 2.24) is 0 Å². The molecule has 1 aliphatic rings. The minimum atomic E-state index is 0.894. The van der Waals surface area contributed by atoms with Crippen molar-refractivity contribution in [3.05, 3.63) is 193 Å². The van der Waals surface area contributed by atoms with Crippen LogP contribution in [0.4, 0.5) is 0 Å². The van der Waals surface area contributed by atoms with E-state index in [1.54, 1.807) is 0 Å². The van der Waals surface area contributed by atoms with Crippen molar-refractivity contribution in [3.8, 4) is 55.6 Å². The van der Waals surface area contributed by atoms with Gasteiger partial charge in [-0.2, -0.15) is 0 Å². The molecule has 228 valence electrons. The maximum atomic E-state index is 2.45. The predicted molar refractivity (Wildman–Crippen MR) is 209 cm³/mol. The van der Waals surface area contributed by atoms with Crippen LogP contribution in [0.3, 0.4) is 0 Å². The van der Waals surface area contributed by atoms with Crippen LogP contribution in [0.1, 0.15) is 11.1 Å². The molecule has 9 aromatic carbocycles. The summed E-state index contributed by atoms with van der Waals surface area (Å²) in [5.41, 5.74) is 15.6. The Morgan fingerprint density at radius 3 is 1.08 bits per heavy atom. The van der Waals surface area contributed by atoms with Gasteiger partial charge in [-0.15, -0.1) is 0 Å². The highest BCUT2D eigenvalue weighted by atomic mass is 14.3. The molecule has 0 unspecified atom stereocenters. The number of benzene rings is 9. The zero-order valence-corrected chi connectivity index (χ0v) is 27.0. The molecule has 1 aliphatic carbocycles. The molecule has 0 bridgehead atoms. The van der Waals surface area contributed by atoms with Gasteiger partial charge in [-0.3, -0.25) is 0 Å². The van der Waals surface area contributed by atoms with E-state index in [-0.39, 0.29) is 0 Å². The Hall–Kier alpha value is -6.24. The van der Waals surface area contributed by atoms with E-state index in [4.69, 9.17) is 0 Å². The zero-order chi connectivity index (χ0) is 32.3. The van der Waals surface area contributed by atoms with Crippen LogP contribution in [0.15, 0.2) is 182 Å². The summed E-state index contributed by atoms with van der Waals surface area (Å²) in [6, 6.07) is 67.2. The molecule has 0 N–H and O–H groups in total. The van der Waals surface area contributed by atoms with Crippen molar-refractivity contribution in [2.75, 3.05) is 0 Å². The minimum absolute atomic E-state index is 0.894. The van der Waals surface area contributed by atoms with E-state index >= 15 is 0 Å². The van der Waals surface area contributed by atoms with Crippen molar-refractivity contribution in [3.63, 3.8) is 0 Å². The second-order valence-corrected chi connectivity index (χ2v) is 13.2. The molecule has 0 amide bonds. The summed E-state index contributed by atoms with van der Waals surface area (Å²) in [5, 5.41) is 7.83. The van der Waals surface area contributed by atoms with Crippen LogP contribution in [0.2, 0.25) is 0 Å². The molecule has 9 aromatic rings. The second kappa shape index (κ2) is 11.2. The van der Waals surface area contributed by atoms with Crippen molar-refractivity contribution in [2.45, 2.75) is 6.42 Å². The van der Waals surface area contributed by atoms with Crippen LogP contribution in [0, 0.1) is 0 Å². The van der Waals surface area contributed by atoms with Crippen LogP contribution in [-0.2, 0) is 6.42 Å². The molecule has 0 aromatic heterocycles. The molecule has 0 heterocycles. The Bertz CT molecular complexity index is 2670. The van der Waals surface area contributed by atoms with E-state index in [9.17, 15) is 0 Å². The molecule has 49 heavy (non-hydrogen) atoms. The molecule has 0 nitrogen and oxygen atoms in total. The van der Waals surface area contributed by atoms with E-state index < -0.39 is 0 Å². The van der Waals surface area contributed by atoms with Gasteiger partial charge in [-0.25, -0.2) is 0 Å². The summed E-state index contributed by atoms with van der Waals surface area (Å²) < 4.78 is 0. The van der Waals surface area contributed by atoms with Gasteiger partial charge in [0.05, 0.1) is 0 Å². The highest BCUT2D eigenvalue weighted by Crippen LogP contribution is 2.49. The third-order valence-electron chi connectivity index (χ3n) is 10.5. The lowest BCUT2D eigenvalue weighted by atomic mass is 9.88. The first-order chi connectivity index (χ1) is 24.3. The largest absolute Gasteiger partial charge is 0.0622 e. The fourth-order valence-corrected chi connectivity index (χ4v) is 8.18. The van der Waals surface area contributed by atoms with Crippen molar-refractivity contribution >= 4 is 32.3 Å². The van der Waals surface area contributed by atoms with Gasteiger partial charge in [0.1, 0.15) is 0 Å². The highest BCUT2D eigenvalue weighted by molar-refractivity contribution is 6.25. The molecule has 0 aliphatic heterocycles. The maximum Gasteiger partial charge on any atom is -0.000110 e. The highest BCUT2D eigenvalue weighted by Gasteiger charge is 2.27. The van der Waals surface area contributed by atoms with Crippen molar-refractivity contribution < 1.29 is 0 Å². The van der Waals surface area contributed by atoms with E-state index in [1.165, 1.54) is 99.1 Å². The Kier molecular flexibility index (Phi) is 6.35. The summed E-state index contributed by atoms with van der Waals surface area (Å²) >= 11 is 0. The van der Waals surface area contributed by atoms with Crippen LogP contribution < -0.4 is 0 Å². The molecule has 0 spiro atoms. The molecule has 0 radical (unpaired) electrons. The van der Waals surface area contributed by atoms with Crippen molar-refractivity contribution in [2.24, 2.45) is 0 Å². The topological polar surface area (TPSA) is 0 Å². The summed E-state index contributed by atoms with van der Waals surface area (Å²) in [6.45, 7) is 0. The van der Waals surface area contributed by atoms with Gasteiger partial charge in [0.2, 0.25) is 0 Å². The summed E-state index contributed by atoms with van der Waals surface area (Å²) in [6.07, 6.45) is 0.894. The van der Waals surface area contributed by atoms with E-state index in [1.807, 2.05) is 0 Å². The standard InChI is InChI=1S/C49H32/c1-4-14-32(15-5-1)36-27-43(34-18-8-3-9-19-34)48-31-49-44(28-37(30-47(49)46(48)29-36)33-16-6-2-7-17-33)35-24-25-42-40-22-11-10-20-38(40)39-21-12-13-23-41(39)45(42)26-35/h1-30H,31H2. The third-order valence-corrected chi connectivity index (χ3v) is 10.5. The van der Waals surface area contributed by atoms with E-state index in [2.05, 4.69) is 182 Å². The fourth-order valence-electron chi connectivity index (χ4n) is 8.18. The van der Waals surface area contributed by atoms with Crippen molar-refractivity contribution in [1.29, 1.82) is 0 Å². The Labute approximate surface area is 286 Å². The summed E-state index contributed by atoms with van der Waals surface area (Å²) in [4.78, 5) is 0. The second-order valence-electron chi connectivity index (χ2n) is 13.2. The number of hydrogen-bond acceptors (Lipinski definition) is 0. The van der Waals surface area contributed by atoms with Crippen LogP contribution >= 0.6 is 0 Å². The zero-order valence-electron chi connectivity index (χ0n) is 27.0. The lowest BCUT2D eigenvalue weighted by molar-refractivity contribution is 1.26. The van der Waals surface area contributed by atoms with Gasteiger partial charge < -0.3 is 0 Å². The SMILES string of the molecule is c1ccc(-c2cc(-c3ccccc3)c3c(c2)-c2cc(-c4ccccc4)cc(-c4ccc5c6ccccc6c6ccccc6c5c4)c2C3)cc1. The average Bonchev–Trinajstić information content (AvgIpc) is 3.57. The first-order valence-corrected chi connectivity index (χ1v) is 17.1. The van der Waals surface area contributed by atoms with Gasteiger partial charge >= 0.3 is 0 Å². The van der Waals surface area contributed by atoms with Gasteiger partial charge in [-0.1, -0.05) is 152 Å². The fraction of sp³-hybridized carbons (Fsp3) is 0.0204. The van der Waals surface area contributed by atoms with Gasteiger partial charge in [0.15, 0.2) is 0 Å². The molecule has 10 rings (SSSR count). The molecular formula is C49H32. The first-order valence-electron chi connectivity index (χ1n) is 17.1. The third kappa shape index (κ3) is 4.53. The molecule has 0 atom stereocenters. The maximum absolute atomic E-state index is 2.45. The normalized spacial score (nSPS) is 12.0. The lowest BCUT2D eigenvalue weighted by Gasteiger charge is -2.16. The van der Waals surface area contributed by atoms with Gasteiger partial charge in [-0.05, 0) is 136 Å². The Balaban J connectivity index is 1.26. The number of hydrogen-bond donors (Lipinski definition) is 0.